The Kier molecular flexibility index (Phi) is 1.77. The Labute approximate surface area is 74.3 Å². The second-order valence-corrected chi connectivity index (χ2v) is 3.01. The second kappa shape index (κ2) is 2.81. The Morgan fingerprint density at radius 2 is 2.62 bits per heavy atom. The van der Waals surface area contributed by atoms with Gasteiger partial charge in [-0.15, -0.1) is 0 Å². The molecule has 0 amide bonds. The minimum atomic E-state index is -0.489. The zero-order valence-electron chi connectivity index (χ0n) is 7.14. The van der Waals surface area contributed by atoms with Crippen LogP contribution in [0.5, 0.6) is 0 Å². The van der Waals surface area contributed by atoms with Gasteiger partial charge in [0.15, 0.2) is 0 Å². The predicted molar refractivity (Wildman–Crippen MR) is 43.4 cm³/mol. The maximum Gasteiger partial charge on any atom is 0.381 e. The summed E-state index contributed by atoms with van der Waals surface area (Å²) in [6, 6.07) is 0. The van der Waals surface area contributed by atoms with Crippen LogP contribution in [0.15, 0.2) is 6.20 Å². The van der Waals surface area contributed by atoms with Crippen molar-refractivity contribution in [2.75, 3.05) is 6.61 Å². The van der Waals surface area contributed by atoms with E-state index in [2.05, 4.69) is 4.98 Å². The van der Waals surface area contributed by atoms with Crippen LogP contribution in [-0.2, 0) is 11.3 Å². The minimum Gasteiger partial charge on any atom is -0.371 e. The minimum absolute atomic E-state index is 0.0989. The van der Waals surface area contributed by atoms with E-state index < -0.39 is 4.92 Å². The number of ether oxygens (including phenoxy) is 1. The number of hydrogen-bond donors (Lipinski definition) is 0. The van der Waals surface area contributed by atoms with Gasteiger partial charge < -0.3 is 19.4 Å². The molecule has 6 nitrogen and oxygen atoms in total. The molecule has 1 aromatic rings. The Balaban J connectivity index is 2.18. The molecule has 0 N–H and O–H groups in total. The predicted octanol–water partition coefficient (Wildman–Crippen LogP) is 0.499. The highest BCUT2D eigenvalue weighted by atomic mass is 16.6. The van der Waals surface area contributed by atoms with E-state index in [4.69, 9.17) is 4.74 Å². The number of nitrogens with zero attached hydrogens (tertiary/aromatic N) is 3. The van der Waals surface area contributed by atoms with E-state index in [9.17, 15) is 10.1 Å². The maximum atomic E-state index is 10.4. The summed E-state index contributed by atoms with van der Waals surface area (Å²) in [6.07, 6.45) is 1.66. The first-order valence-corrected chi connectivity index (χ1v) is 3.96. The van der Waals surface area contributed by atoms with Crippen molar-refractivity contribution in [3.8, 4) is 0 Å². The molecule has 6 heteroatoms. The van der Waals surface area contributed by atoms with Crippen LogP contribution in [0.2, 0.25) is 0 Å². The largest absolute Gasteiger partial charge is 0.381 e. The lowest BCUT2D eigenvalue weighted by Crippen LogP contribution is -2.04. The average Bonchev–Trinajstić information content (AvgIpc) is 2.78. The number of rotatable bonds is 3. The van der Waals surface area contributed by atoms with Crippen molar-refractivity contribution in [2.24, 2.45) is 0 Å². The van der Waals surface area contributed by atoms with Crippen LogP contribution < -0.4 is 0 Å². The van der Waals surface area contributed by atoms with E-state index in [-0.39, 0.29) is 11.9 Å². The lowest BCUT2D eigenvalue weighted by atomic mass is 10.4. The highest BCUT2D eigenvalue weighted by Crippen LogP contribution is 2.16. The molecule has 70 valence electrons. The van der Waals surface area contributed by atoms with E-state index in [1.165, 1.54) is 6.20 Å². The van der Waals surface area contributed by atoms with Crippen LogP contribution in [0.25, 0.3) is 0 Å². The van der Waals surface area contributed by atoms with Gasteiger partial charge in [0.1, 0.15) is 6.20 Å². The molecule has 1 aromatic heterocycles. The molecule has 1 atom stereocenters. The fourth-order valence-electron chi connectivity index (χ4n) is 1.16. The first-order valence-electron chi connectivity index (χ1n) is 3.96. The molecule has 1 unspecified atom stereocenters. The van der Waals surface area contributed by atoms with Gasteiger partial charge in [0.25, 0.3) is 0 Å². The zero-order valence-corrected chi connectivity index (χ0v) is 7.14. The summed E-state index contributed by atoms with van der Waals surface area (Å²) in [5.74, 6) is 0.556. The number of hydrogen-bond acceptors (Lipinski definition) is 4. The molecule has 0 spiro atoms. The van der Waals surface area contributed by atoms with Crippen LogP contribution in [-0.4, -0.2) is 27.2 Å². The van der Waals surface area contributed by atoms with Gasteiger partial charge >= 0.3 is 5.82 Å². The molecule has 2 heterocycles. The lowest BCUT2D eigenvalue weighted by Gasteiger charge is -1.95. The number of epoxide rings is 1. The average molecular weight is 183 g/mol. The third-order valence-electron chi connectivity index (χ3n) is 1.95. The molecule has 1 saturated heterocycles. The molecule has 13 heavy (non-hydrogen) atoms. The molecule has 0 radical (unpaired) electrons. The Hall–Kier alpha value is -1.43. The van der Waals surface area contributed by atoms with Crippen molar-refractivity contribution in [1.82, 2.24) is 9.55 Å². The van der Waals surface area contributed by atoms with Crippen LogP contribution in [0.4, 0.5) is 5.82 Å². The summed E-state index contributed by atoms with van der Waals surface area (Å²) < 4.78 is 6.76. The van der Waals surface area contributed by atoms with Gasteiger partial charge in [-0.25, -0.2) is 0 Å². The van der Waals surface area contributed by atoms with Crippen LogP contribution in [0.1, 0.15) is 5.82 Å². The van der Waals surface area contributed by atoms with E-state index >= 15 is 0 Å². The summed E-state index contributed by atoms with van der Waals surface area (Å²) in [4.78, 5) is 13.7. The number of nitro groups is 1. The van der Waals surface area contributed by atoms with Gasteiger partial charge in [0, 0.05) is 6.92 Å². The summed E-state index contributed by atoms with van der Waals surface area (Å²) in [6.45, 7) is 3.15. The molecule has 1 fully saturated rings. The standard InChI is InChI=1S/C7H9N3O3/c1-5-8-7(10(11)12)3-9(5)2-6-4-13-6/h3,6H,2,4H2,1H3. The molecular formula is C7H9N3O3. The fourth-order valence-corrected chi connectivity index (χ4v) is 1.16. The fraction of sp³-hybridized carbons (Fsp3) is 0.571. The molecule has 1 aliphatic heterocycles. The molecule has 0 aromatic carbocycles. The smallest absolute Gasteiger partial charge is 0.371 e. The van der Waals surface area contributed by atoms with E-state index in [0.29, 0.717) is 12.4 Å². The van der Waals surface area contributed by atoms with Crippen molar-refractivity contribution in [2.45, 2.75) is 19.6 Å². The Morgan fingerprint density at radius 1 is 1.92 bits per heavy atom. The molecule has 2 rings (SSSR count). The van der Waals surface area contributed by atoms with Crippen molar-refractivity contribution in [3.63, 3.8) is 0 Å². The normalized spacial score (nSPS) is 20.2. The molecule has 1 aliphatic rings. The number of aryl methyl sites for hydroxylation is 1. The first kappa shape index (κ1) is 8.18. The SMILES string of the molecule is Cc1nc([N+](=O)[O-])cn1CC1CO1. The third-order valence-corrected chi connectivity index (χ3v) is 1.95. The summed E-state index contributed by atoms with van der Waals surface area (Å²) >= 11 is 0. The van der Waals surface area contributed by atoms with Crippen molar-refractivity contribution in [3.05, 3.63) is 22.1 Å². The highest BCUT2D eigenvalue weighted by molar-refractivity contribution is 5.16. The first-order chi connectivity index (χ1) is 6.16. The zero-order chi connectivity index (χ0) is 9.42. The molecule has 0 bridgehead atoms. The third kappa shape index (κ3) is 1.67. The Morgan fingerprint density at radius 3 is 3.08 bits per heavy atom. The summed E-state index contributed by atoms with van der Waals surface area (Å²) in [5.41, 5.74) is 0. The highest BCUT2D eigenvalue weighted by Gasteiger charge is 2.25. The number of imidazole rings is 1. The van der Waals surface area contributed by atoms with Crippen LogP contribution in [0.3, 0.4) is 0 Å². The monoisotopic (exact) mass is 183 g/mol. The molecular weight excluding hydrogens is 174 g/mol. The number of aromatic nitrogens is 2. The topological polar surface area (TPSA) is 73.5 Å². The van der Waals surface area contributed by atoms with Gasteiger partial charge in [-0.2, -0.15) is 0 Å². The van der Waals surface area contributed by atoms with Crippen molar-refractivity contribution in [1.29, 1.82) is 0 Å². The van der Waals surface area contributed by atoms with E-state index in [1.807, 2.05) is 0 Å². The molecule has 0 saturated carbocycles. The summed E-state index contributed by atoms with van der Waals surface area (Å²) in [5, 5.41) is 10.4. The van der Waals surface area contributed by atoms with Crippen molar-refractivity contribution >= 4 is 5.82 Å². The van der Waals surface area contributed by atoms with Gasteiger partial charge in [0.2, 0.25) is 5.82 Å². The maximum absolute atomic E-state index is 10.4. The second-order valence-electron chi connectivity index (χ2n) is 3.01. The lowest BCUT2D eigenvalue weighted by molar-refractivity contribution is -0.389. The van der Waals surface area contributed by atoms with Crippen LogP contribution in [0, 0.1) is 17.0 Å². The van der Waals surface area contributed by atoms with E-state index in [1.54, 1.807) is 11.5 Å². The van der Waals surface area contributed by atoms with Crippen molar-refractivity contribution < 1.29 is 9.66 Å². The van der Waals surface area contributed by atoms with Gasteiger partial charge in [-0.1, -0.05) is 0 Å². The molecule has 0 aliphatic carbocycles. The van der Waals surface area contributed by atoms with Gasteiger partial charge in [0.05, 0.1) is 19.3 Å². The van der Waals surface area contributed by atoms with Gasteiger partial charge in [-0.3, -0.25) is 0 Å². The van der Waals surface area contributed by atoms with Crippen LogP contribution >= 0.6 is 0 Å². The van der Waals surface area contributed by atoms with Gasteiger partial charge in [-0.05, 0) is 9.91 Å². The summed E-state index contributed by atoms with van der Waals surface area (Å²) in [7, 11) is 0. The quantitative estimate of drug-likeness (QED) is 0.388. The Bertz CT molecular complexity index is 343. The van der Waals surface area contributed by atoms with E-state index in [0.717, 1.165) is 6.61 Å².